The summed E-state index contributed by atoms with van der Waals surface area (Å²) in [6.07, 6.45) is 0.190. The Morgan fingerprint density at radius 1 is 0.830 bits per heavy atom. The second-order valence-electron chi connectivity index (χ2n) is 12.0. The number of sulfonamides is 1. The summed E-state index contributed by atoms with van der Waals surface area (Å²) in [4.78, 5) is 30.1. The van der Waals surface area contributed by atoms with Gasteiger partial charge in [-0.05, 0) is 68.3 Å². The van der Waals surface area contributed by atoms with Crippen molar-refractivity contribution in [3.8, 4) is 11.5 Å². The topological polar surface area (TPSA) is 105 Å². The second kappa shape index (κ2) is 15.4. The van der Waals surface area contributed by atoms with Gasteiger partial charge in [0.05, 0.1) is 24.8 Å². The Morgan fingerprint density at radius 2 is 1.45 bits per heavy atom. The number of nitrogens with zero attached hydrogens (tertiary/aromatic N) is 2. The number of hydrogen-bond acceptors (Lipinski definition) is 6. The van der Waals surface area contributed by atoms with E-state index in [0.29, 0.717) is 16.3 Å². The van der Waals surface area contributed by atoms with E-state index in [-0.39, 0.29) is 35.2 Å². The molecule has 0 unspecified atom stereocenters. The number of benzene rings is 4. The van der Waals surface area contributed by atoms with E-state index in [0.717, 1.165) is 9.87 Å². The Bertz CT molecular complexity index is 1760. The monoisotopic (exact) mass is 677 g/mol. The Balaban J connectivity index is 1.87. The number of rotatable bonds is 13. The van der Waals surface area contributed by atoms with Crippen LogP contribution in [0.2, 0.25) is 5.02 Å². The van der Waals surface area contributed by atoms with Gasteiger partial charge in [0, 0.05) is 29.6 Å². The predicted molar refractivity (Wildman–Crippen MR) is 184 cm³/mol. The predicted octanol–water partition coefficient (Wildman–Crippen LogP) is 6.11. The zero-order valence-electron chi connectivity index (χ0n) is 27.1. The van der Waals surface area contributed by atoms with Gasteiger partial charge in [-0.15, -0.1) is 0 Å². The highest BCUT2D eigenvalue weighted by Crippen LogP contribution is 2.36. The smallest absolute Gasteiger partial charge is 0.264 e. The van der Waals surface area contributed by atoms with Crippen molar-refractivity contribution in [3.05, 3.63) is 119 Å². The van der Waals surface area contributed by atoms with Gasteiger partial charge >= 0.3 is 0 Å². The Morgan fingerprint density at radius 3 is 2.02 bits per heavy atom. The molecule has 0 bridgehead atoms. The van der Waals surface area contributed by atoms with Crippen LogP contribution in [-0.4, -0.2) is 57.5 Å². The largest absolute Gasteiger partial charge is 0.497 e. The van der Waals surface area contributed by atoms with E-state index in [9.17, 15) is 18.0 Å². The fourth-order valence-electron chi connectivity index (χ4n) is 5.02. The molecule has 248 valence electrons. The quantitative estimate of drug-likeness (QED) is 0.183. The lowest BCUT2D eigenvalue weighted by Crippen LogP contribution is -2.56. The van der Waals surface area contributed by atoms with E-state index in [4.69, 9.17) is 21.1 Å². The van der Waals surface area contributed by atoms with E-state index in [1.807, 2.05) is 51.1 Å². The molecule has 0 aliphatic heterocycles. The van der Waals surface area contributed by atoms with Crippen LogP contribution < -0.4 is 19.1 Å². The molecule has 4 aromatic carbocycles. The number of halogens is 1. The Labute approximate surface area is 282 Å². The highest BCUT2D eigenvalue weighted by Gasteiger charge is 2.36. The molecule has 47 heavy (non-hydrogen) atoms. The molecule has 4 rings (SSSR count). The molecule has 0 aliphatic carbocycles. The summed E-state index contributed by atoms with van der Waals surface area (Å²) in [5.41, 5.74) is 1.05. The normalized spacial score (nSPS) is 12.1. The highest BCUT2D eigenvalue weighted by molar-refractivity contribution is 7.92. The average Bonchev–Trinajstić information content (AvgIpc) is 3.05. The van der Waals surface area contributed by atoms with E-state index in [1.54, 1.807) is 54.6 Å². The zero-order chi connectivity index (χ0) is 34.2. The number of methoxy groups -OCH3 is 2. The number of nitrogens with one attached hydrogen (secondary N) is 1. The van der Waals surface area contributed by atoms with Gasteiger partial charge in [0.15, 0.2) is 0 Å². The van der Waals surface area contributed by atoms with Crippen LogP contribution in [0.25, 0.3) is 0 Å². The molecule has 0 fully saturated rings. The van der Waals surface area contributed by atoms with Crippen LogP contribution in [0.4, 0.5) is 5.69 Å². The van der Waals surface area contributed by atoms with Crippen LogP contribution in [0.15, 0.2) is 108 Å². The van der Waals surface area contributed by atoms with Crippen LogP contribution in [0.1, 0.15) is 31.9 Å². The Hall–Kier alpha value is -4.54. The third-order valence-electron chi connectivity index (χ3n) is 7.30. The first-order valence-electron chi connectivity index (χ1n) is 15.0. The van der Waals surface area contributed by atoms with Crippen molar-refractivity contribution >= 4 is 39.1 Å². The fraction of sp³-hybridized carbons (Fsp3) is 0.278. The maximum Gasteiger partial charge on any atom is 0.264 e. The molecular formula is C36H40ClN3O6S. The zero-order valence-corrected chi connectivity index (χ0v) is 28.7. The molecule has 1 N–H and O–H groups in total. The Kier molecular flexibility index (Phi) is 11.5. The molecule has 9 nitrogen and oxygen atoms in total. The third kappa shape index (κ3) is 9.27. The number of ether oxygens (including phenoxy) is 2. The summed E-state index contributed by atoms with van der Waals surface area (Å²) in [6, 6.07) is 27.9. The van der Waals surface area contributed by atoms with Crippen LogP contribution in [0, 0.1) is 0 Å². The number of amides is 2. The lowest BCUT2D eigenvalue weighted by molar-refractivity contribution is -0.140. The third-order valence-corrected chi connectivity index (χ3v) is 9.33. The van der Waals surface area contributed by atoms with Crippen LogP contribution in [-0.2, 0) is 32.6 Å². The van der Waals surface area contributed by atoms with Crippen LogP contribution in [0.3, 0.4) is 0 Å². The fourth-order valence-corrected chi connectivity index (χ4v) is 6.58. The summed E-state index contributed by atoms with van der Waals surface area (Å²) < 4.78 is 40.6. The molecule has 4 aromatic rings. The van der Waals surface area contributed by atoms with Crippen molar-refractivity contribution in [2.45, 2.75) is 50.2 Å². The molecule has 0 radical (unpaired) electrons. The first-order valence-corrected chi connectivity index (χ1v) is 16.8. The molecule has 0 aliphatic rings. The van der Waals surface area contributed by atoms with Gasteiger partial charge in [0.1, 0.15) is 24.1 Å². The average molecular weight is 678 g/mol. The van der Waals surface area contributed by atoms with E-state index >= 15 is 0 Å². The lowest BCUT2D eigenvalue weighted by atomic mass is 10.0. The number of anilines is 1. The van der Waals surface area contributed by atoms with Gasteiger partial charge in [-0.3, -0.25) is 13.9 Å². The van der Waals surface area contributed by atoms with Gasteiger partial charge in [-0.2, -0.15) is 0 Å². The first-order chi connectivity index (χ1) is 22.3. The summed E-state index contributed by atoms with van der Waals surface area (Å²) in [6.45, 7) is 4.96. The SMILES string of the molecule is COc1ccc(OC)c(N(CC(=O)N(Cc2ccc(Cl)cc2)[C@@H](Cc2ccccc2)C(=O)NC(C)(C)C)S(=O)(=O)c2ccccc2)c1. The second-order valence-corrected chi connectivity index (χ2v) is 14.3. The summed E-state index contributed by atoms with van der Waals surface area (Å²) in [5.74, 6) is -0.394. The number of hydrogen-bond donors (Lipinski definition) is 1. The van der Waals surface area contributed by atoms with Gasteiger partial charge < -0.3 is 19.7 Å². The molecular weight excluding hydrogens is 638 g/mol. The van der Waals surface area contributed by atoms with Gasteiger partial charge in [-0.25, -0.2) is 8.42 Å². The van der Waals surface area contributed by atoms with Crippen LogP contribution >= 0.6 is 11.6 Å². The molecule has 0 spiro atoms. The molecule has 0 heterocycles. The number of carbonyl (C=O) groups is 2. The molecule has 0 saturated carbocycles. The molecule has 1 atom stereocenters. The number of carbonyl (C=O) groups excluding carboxylic acids is 2. The van der Waals surface area contributed by atoms with Crippen molar-refractivity contribution in [2.75, 3.05) is 25.1 Å². The van der Waals surface area contributed by atoms with Crippen molar-refractivity contribution in [3.63, 3.8) is 0 Å². The standard InChI is InChI=1S/C36H40ClN3O6S/c1-36(2,3)38-35(42)32(22-26-12-8-6-9-13-26)39(24-27-16-18-28(37)19-17-27)34(41)25-40(47(43,44)30-14-10-7-11-15-30)31-23-29(45-4)20-21-33(31)46-5/h6-21,23,32H,22,24-25H2,1-5H3,(H,38,42)/t32-/m0/s1. The van der Waals surface area contributed by atoms with Gasteiger partial charge in [0.2, 0.25) is 11.8 Å². The van der Waals surface area contributed by atoms with E-state index in [1.165, 1.54) is 37.3 Å². The van der Waals surface area contributed by atoms with Crippen molar-refractivity contribution < 1.29 is 27.5 Å². The minimum absolute atomic E-state index is 0.0134. The molecule has 0 aromatic heterocycles. The van der Waals surface area contributed by atoms with Crippen molar-refractivity contribution in [1.29, 1.82) is 0 Å². The summed E-state index contributed by atoms with van der Waals surface area (Å²) in [5, 5.41) is 3.54. The first kappa shape index (κ1) is 35.3. The van der Waals surface area contributed by atoms with E-state index in [2.05, 4.69) is 5.32 Å². The minimum Gasteiger partial charge on any atom is -0.497 e. The molecule has 0 saturated heterocycles. The van der Waals surface area contributed by atoms with Crippen LogP contribution in [0.5, 0.6) is 11.5 Å². The van der Waals surface area contributed by atoms with Crippen molar-refractivity contribution in [1.82, 2.24) is 10.2 Å². The molecule has 11 heteroatoms. The minimum atomic E-state index is -4.32. The summed E-state index contributed by atoms with van der Waals surface area (Å²) in [7, 11) is -1.44. The maximum atomic E-state index is 14.7. The summed E-state index contributed by atoms with van der Waals surface area (Å²) >= 11 is 6.16. The van der Waals surface area contributed by atoms with Crippen molar-refractivity contribution in [2.24, 2.45) is 0 Å². The van der Waals surface area contributed by atoms with Gasteiger partial charge in [0.25, 0.3) is 10.0 Å². The maximum absolute atomic E-state index is 14.7. The lowest BCUT2D eigenvalue weighted by Gasteiger charge is -2.35. The highest BCUT2D eigenvalue weighted by atomic mass is 35.5. The van der Waals surface area contributed by atoms with Gasteiger partial charge in [-0.1, -0.05) is 72.3 Å². The van der Waals surface area contributed by atoms with E-state index < -0.39 is 34.1 Å². The molecule has 2 amide bonds.